The van der Waals surface area contributed by atoms with E-state index in [-0.39, 0.29) is 5.91 Å². The molecule has 1 saturated heterocycles. The molecule has 26 heavy (non-hydrogen) atoms. The minimum absolute atomic E-state index is 0.187. The Balaban J connectivity index is 1.70. The number of carbonyl (C=O) groups is 1. The zero-order chi connectivity index (χ0) is 18.7. The number of hydrogen-bond donors (Lipinski definition) is 0. The van der Waals surface area contributed by atoms with Crippen LogP contribution in [-0.2, 0) is 11.3 Å². The summed E-state index contributed by atoms with van der Waals surface area (Å²) in [7, 11) is 0. The van der Waals surface area contributed by atoms with E-state index in [0.717, 1.165) is 30.6 Å². The predicted molar refractivity (Wildman–Crippen MR) is 103 cm³/mol. The van der Waals surface area contributed by atoms with Crippen molar-refractivity contribution in [1.82, 2.24) is 19.7 Å². The lowest BCUT2D eigenvalue weighted by atomic mass is 9.92. The summed E-state index contributed by atoms with van der Waals surface area (Å²) < 4.78 is 7.55. The van der Waals surface area contributed by atoms with Crippen molar-refractivity contribution < 1.29 is 9.21 Å². The van der Waals surface area contributed by atoms with Crippen molar-refractivity contribution in [3.05, 3.63) is 18.4 Å². The highest BCUT2D eigenvalue weighted by molar-refractivity contribution is 7.99. The molecule has 0 aliphatic carbocycles. The first-order valence-electron chi connectivity index (χ1n) is 9.31. The second-order valence-corrected chi connectivity index (χ2v) is 8.76. The number of thioether (sulfide) groups is 1. The van der Waals surface area contributed by atoms with E-state index in [1.165, 1.54) is 18.2 Å². The van der Waals surface area contributed by atoms with Gasteiger partial charge in [0.15, 0.2) is 16.7 Å². The molecule has 0 spiro atoms. The fourth-order valence-electron chi connectivity index (χ4n) is 3.60. The summed E-state index contributed by atoms with van der Waals surface area (Å²) in [6, 6.07) is 3.73. The molecule has 0 bridgehead atoms. The largest absolute Gasteiger partial charge is 0.461 e. The van der Waals surface area contributed by atoms with Crippen molar-refractivity contribution in [3.63, 3.8) is 0 Å². The lowest BCUT2D eigenvalue weighted by molar-refractivity contribution is -0.130. The summed E-state index contributed by atoms with van der Waals surface area (Å²) >= 11 is 1.47. The highest BCUT2D eigenvalue weighted by Crippen LogP contribution is 2.27. The van der Waals surface area contributed by atoms with Gasteiger partial charge in [0.25, 0.3) is 0 Å². The van der Waals surface area contributed by atoms with Crippen LogP contribution in [0, 0.1) is 17.8 Å². The van der Waals surface area contributed by atoms with Crippen LogP contribution in [0.4, 0.5) is 0 Å². The minimum Gasteiger partial charge on any atom is -0.461 e. The van der Waals surface area contributed by atoms with Gasteiger partial charge in [-0.1, -0.05) is 39.5 Å². The Morgan fingerprint density at radius 2 is 2.04 bits per heavy atom. The molecule has 2 aromatic rings. The standard InChI is InChI=1S/C19H28N4O2S/c1-13(2)9-23-18(16-6-5-7-25-16)20-21-19(23)26-12-17(24)22-10-14(3)8-15(4)11-22/h5-7,13-15H,8-12H2,1-4H3. The first-order valence-corrected chi connectivity index (χ1v) is 10.3. The second kappa shape index (κ2) is 8.29. The van der Waals surface area contributed by atoms with E-state index in [1.54, 1.807) is 6.26 Å². The number of rotatable bonds is 6. The maximum Gasteiger partial charge on any atom is 0.233 e. The Kier molecular flexibility index (Phi) is 6.06. The Bertz CT molecular complexity index is 716. The van der Waals surface area contributed by atoms with Crippen molar-refractivity contribution in [2.45, 2.75) is 45.8 Å². The van der Waals surface area contributed by atoms with E-state index in [2.05, 4.69) is 42.5 Å². The van der Waals surface area contributed by atoms with Crippen LogP contribution in [0.5, 0.6) is 0 Å². The van der Waals surface area contributed by atoms with Crippen molar-refractivity contribution in [3.8, 4) is 11.6 Å². The molecule has 1 fully saturated rings. The molecule has 142 valence electrons. The molecule has 1 aliphatic rings. The topological polar surface area (TPSA) is 64.2 Å². The van der Waals surface area contributed by atoms with E-state index in [0.29, 0.717) is 29.3 Å². The van der Waals surface area contributed by atoms with Gasteiger partial charge in [-0.2, -0.15) is 0 Å². The van der Waals surface area contributed by atoms with Gasteiger partial charge in [0.05, 0.1) is 12.0 Å². The average Bonchev–Trinajstić information content (AvgIpc) is 3.21. The van der Waals surface area contributed by atoms with Gasteiger partial charge in [-0.05, 0) is 36.3 Å². The first kappa shape index (κ1) is 19.0. The molecule has 0 N–H and O–H groups in total. The quantitative estimate of drug-likeness (QED) is 0.718. The van der Waals surface area contributed by atoms with Crippen molar-refractivity contribution in [2.75, 3.05) is 18.8 Å². The minimum atomic E-state index is 0.187. The molecule has 2 atom stereocenters. The average molecular weight is 377 g/mol. The van der Waals surface area contributed by atoms with Crippen LogP contribution in [0.1, 0.15) is 34.1 Å². The number of piperidine rings is 1. The molecule has 2 unspecified atom stereocenters. The maximum atomic E-state index is 12.7. The molecule has 1 aliphatic heterocycles. The molecule has 3 rings (SSSR count). The predicted octanol–water partition coefficient (Wildman–Crippen LogP) is 3.79. The molecular weight excluding hydrogens is 348 g/mol. The zero-order valence-electron chi connectivity index (χ0n) is 16.0. The third-order valence-electron chi connectivity index (χ3n) is 4.55. The van der Waals surface area contributed by atoms with Crippen LogP contribution in [0.3, 0.4) is 0 Å². The molecule has 0 radical (unpaired) electrons. The first-order chi connectivity index (χ1) is 12.4. The van der Waals surface area contributed by atoms with Crippen LogP contribution in [0.25, 0.3) is 11.6 Å². The van der Waals surface area contributed by atoms with Gasteiger partial charge in [-0.25, -0.2) is 0 Å². The Morgan fingerprint density at radius 1 is 1.31 bits per heavy atom. The number of carbonyl (C=O) groups excluding carboxylic acids is 1. The van der Waals surface area contributed by atoms with Gasteiger partial charge in [0.2, 0.25) is 5.91 Å². The highest BCUT2D eigenvalue weighted by atomic mass is 32.2. The van der Waals surface area contributed by atoms with E-state index >= 15 is 0 Å². The Hall–Kier alpha value is -1.76. The van der Waals surface area contributed by atoms with Gasteiger partial charge >= 0.3 is 0 Å². The van der Waals surface area contributed by atoms with Crippen molar-refractivity contribution in [1.29, 1.82) is 0 Å². The Labute approximate surface area is 159 Å². The second-order valence-electron chi connectivity index (χ2n) is 7.82. The third kappa shape index (κ3) is 4.50. The summed E-state index contributed by atoms with van der Waals surface area (Å²) in [6.07, 6.45) is 2.84. The summed E-state index contributed by atoms with van der Waals surface area (Å²) in [4.78, 5) is 14.7. The fourth-order valence-corrected chi connectivity index (χ4v) is 4.45. The molecule has 0 aromatic carbocycles. The van der Waals surface area contributed by atoms with Crippen LogP contribution >= 0.6 is 11.8 Å². The van der Waals surface area contributed by atoms with Gasteiger partial charge in [0.1, 0.15) is 0 Å². The van der Waals surface area contributed by atoms with Crippen LogP contribution in [-0.4, -0.2) is 44.4 Å². The molecule has 3 heterocycles. The summed E-state index contributed by atoms with van der Waals surface area (Å²) in [5.74, 6) is 3.60. The number of amides is 1. The molecular formula is C19H28N4O2S. The molecule has 6 nitrogen and oxygen atoms in total. The van der Waals surface area contributed by atoms with Crippen LogP contribution in [0.15, 0.2) is 28.0 Å². The maximum absolute atomic E-state index is 12.7. The third-order valence-corrected chi connectivity index (χ3v) is 5.50. The smallest absolute Gasteiger partial charge is 0.233 e. The SMILES string of the molecule is CC(C)Cn1c(SCC(=O)N2CC(C)CC(C)C2)nnc1-c1ccco1. The zero-order valence-corrected chi connectivity index (χ0v) is 16.8. The normalized spacial score (nSPS) is 20.7. The number of likely N-dealkylation sites (tertiary alicyclic amines) is 1. The molecule has 0 saturated carbocycles. The summed E-state index contributed by atoms with van der Waals surface area (Å²) in [6.45, 7) is 11.3. The molecule has 2 aromatic heterocycles. The fraction of sp³-hybridized carbons (Fsp3) is 0.632. The number of hydrogen-bond acceptors (Lipinski definition) is 5. The van der Waals surface area contributed by atoms with Gasteiger partial charge in [-0.15, -0.1) is 10.2 Å². The van der Waals surface area contributed by atoms with Crippen molar-refractivity contribution in [2.24, 2.45) is 17.8 Å². The Morgan fingerprint density at radius 3 is 2.65 bits per heavy atom. The summed E-state index contributed by atoms with van der Waals surface area (Å²) in [5, 5.41) is 9.39. The van der Waals surface area contributed by atoms with Crippen LogP contribution < -0.4 is 0 Å². The van der Waals surface area contributed by atoms with E-state index in [1.807, 2.05) is 17.0 Å². The van der Waals surface area contributed by atoms with E-state index < -0.39 is 0 Å². The number of aromatic nitrogens is 3. The van der Waals surface area contributed by atoms with E-state index in [4.69, 9.17) is 4.42 Å². The van der Waals surface area contributed by atoms with E-state index in [9.17, 15) is 4.79 Å². The summed E-state index contributed by atoms with van der Waals surface area (Å²) in [5.41, 5.74) is 0. The molecule has 1 amide bonds. The van der Waals surface area contributed by atoms with Gasteiger partial charge < -0.3 is 9.32 Å². The van der Waals surface area contributed by atoms with Gasteiger partial charge in [-0.3, -0.25) is 9.36 Å². The van der Waals surface area contributed by atoms with Crippen molar-refractivity contribution >= 4 is 17.7 Å². The molecule has 7 heteroatoms. The van der Waals surface area contributed by atoms with Crippen LogP contribution in [0.2, 0.25) is 0 Å². The number of nitrogens with zero attached hydrogens (tertiary/aromatic N) is 4. The monoisotopic (exact) mass is 376 g/mol. The highest BCUT2D eigenvalue weighted by Gasteiger charge is 2.26. The lowest BCUT2D eigenvalue weighted by Gasteiger charge is -2.35. The lowest BCUT2D eigenvalue weighted by Crippen LogP contribution is -2.43. The van der Waals surface area contributed by atoms with Gasteiger partial charge in [0, 0.05) is 19.6 Å². The number of furan rings is 1.